The molecule has 0 aliphatic rings. The molecule has 0 aliphatic carbocycles. The molecule has 124 valence electrons. The maximum atomic E-state index is 11.7. The van der Waals surface area contributed by atoms with Gasteiger partial charge in [-0.15, -0.1) is 10.2 Å². The Balaban J connectivity index is 1.84. The number of aromatic nitrogens is 3. The fourth-order valence-electron chi connectivity index (χ4n) is 1.69. The third kappa shape index (κ3) is 4.85. The van der Waals surface area contributed by atoms with Crippen LogP contribution in [0.4, 0.5) is 4.79 Å². The van der Waals surface area contributed by atoms with E-state index in [1.807, 2.05) is 13.8 Å². The molecule has 0 aromatic carbocycles. The smallest absolute Gasteiger partial charge is 0.321 e. The topological polar surface area (TPSA) is 102 Å². The molecule has 2 heterocycles. The number of amides is 3. The van der Waals surface area contributed by atoms with Crippen LogP contribution in [0.15, 0.2) is 28.0 Å². The molecule has 0 bridgehead atoms. The van der Waals surface area contributed by atoms with Crippen molar-refractivity contribution in [3.63, 3.8) is 0 Å². The largest absolute Gasteiger partial charge is 0.461 e. The summed E-state index contributed by atoms with van der Waals surface area (Å²) in [5.74, 6) is 1.18. The van der Waals surface area contributed by atoms with Crippen molar-refractivity contribution in [1.82, 2.24) is 25.4 Å². The molecule has 0 unspecified atom stereocenters. The highest BCUT2D eigenvalue weighted by atomic mass is 32.2. The molecule has 0 saturated carbocycles. The quantitative estimate of drug-likeness (QED) is 0.777. The van der Waals surface area contributed by atoms with E-state index in [-0.39, 0.29) is 11.7 Å². The van der Waals surface area contributed by atoms with Crippen molar-refractivity contribution in [3.05, 3.63) is 18.4 Å². The number of imide groups is 1. The monoisotopic (exact) mass is 337 g/mol. The third-order valence-corrected chi connectivity index (χ3v) is 3.85. The van der Waals surface area contributed by atoms with Crippen LogP contribution in [-0.2, 0) is 11.8 Å². The van der Waals surface area contributed by atoms with Gasteiger partial charge in [0.1, 0.15) is 0 Å². The molecule has 0 saturated heterocycles. The molecule has 2 N–H and O–H groups in total. The molecule has 2 rings (SSSR count). The van der Waals surface area contributed by atoms with Crippen molar-refractivity contribution in [2.24, 2.45) is 13.0 Å². The summed E-state index contributed by atoms with van der Waals surface area (Å²) in [7, 11) is 1.79. The molecular formula is C14H19N5O3S. The van der Waals surface area contributed by atoms with E-state index in [4.69, 9.17) is 4.42 Å². The van der Waals surface area contributed by atoms with E-state index in [1.165, 1.54) is 11.8 Å². The Morgan fingerprint density at radius 3 is 2.83 bits per heavy atom. The molecule has 0 spiro atoms. The van der Waals surface area contributed by atoms with Crippen LogP contribution in [0, 0.1) is 5.92 Å². The van der Waals surface area contributed by atoms with Crippen LogP contribution >= 0.6 is 11.8 Å². The summed E-state index contributed by atoms with van der Waals surface area (Å²) in [5.41, 5.74) is 0. The molecule has 9 heteroatoms. The average molecular weight is 337 g/mol. The normalized spacial score (nSPS) is 10.8. The Labute approximate surface area is 138 Å². The number of urea groups is 1. The van der Waals surface area contributed by atoms with Gasteiger partial charge in [-0.3, -0.25) is 10.1 Å². The Morgan fingerprint density at radius 1 is 1.39 bits per heavy atom. The highest BCUT2D eigenvalue weighted by Gasteiger charge is 2.15. The highest BCUT2D eigenvalue weighted by molar-refractivity contribution is 7.99. The zero-order valence-corrected chi connectivity index (χ0v) is 14.0. The van der Waals surface area contributed by atoms with E-state index < -0.39 is 6.03 Å². The van der Waals surface area contributed by atoms with Gasteiger partial charge >= 0.3 is 6.03 Å². The van der Waals surface area contributed by atoms with Crippen LogP contribution < -0.4 is 10.6 Å². The molecule has 2 aromatic heterocycles. The van der Waals surface area contributed by atoms with Gasteiger partial charge in [-0.05, 0) is 18.1 Å². The first-order chi connectivity index (χ1) is 11.0. The maximum absolute atomic E-state index is 11.7. The Morgan fingerprint density at radius 2 is 2.17 bits per heavy atom. The van der Waals surface area contributed by atoms with Crippen LogP contribution in [0.25, 0.3) is 11.6 Å². The summed E-state index contributed by atoms with van der Waals surface area (Å²) in [6.45, 7) is 4.47. The van der Waals surface area contributed by atoms with Crippen molar-refractivity contribution >= 4 is 23.7 Å². The second-order valence-corrected chi connectivity index (χ2v) is 6.23. The Hall–Kier alpha value is -2.29. The molecule has 0 fully saturated rings. The van der Waals surface area contributed by atoms with Crippen LogP contribution in [0.1, 0.15) is 13.8 Å². The zero-order chi connectivity index (χ0) is 16.8. The van der Waals surface area contributed by atoms with Gasteiger partial charge in [0.15, 0.2) is 16.7 Å². The number of carbonyl (C=O) groups excluding carboxylic acids is 2. The number of hydrogen-bond acceptors (Lipinski definition) is 6. The number of nitrogens with zero attached hydrogens (tertiary/aromatic N) is 3. The van der Waals surface area contributed by atoms with Gasteiger partial charge in [0.25, 0.3) is 0 Å². The number of thioether (sulfide) groups is 1. The molecule has 0 atom stereocenters. The van der Waals surface area contributed by atoms with Crippen molar-refractivity contribution in [3.8, 4) is 11.6 Å². The lowest BCUT2D eigenvalue weighted by atomic mass is 10.2. The number of hydrogen-bond donors (Lipinski definition) is 2. The first-order valence-corrected chi connectivity index (χ1v) is 8.09. The standard InChI is InChI=1S/C14H19N5O3S/c1-9(2)7-15-13(21)16-11(20)8-23-14-18-17-12(19(14)3)10-5-4-6-22-10/h4-6,9H,7-8H2,1-3H3,(H2,15,16,20,21). The Bertz CT molecular complexity index is 666. The zero-order valence-electron chi connectivity index (χ0n) is 13.2. The third-order valence-electron chi connectivity index (χ3n) is 2.83. The van der Waals surface area contributed by atoms with E-state index in [9.17, 15) is 9.59 Å². The Kier molecular flexibility index (Phi) is 5.80. The summed E-state index contributed by atoms with van der Waals surface area (Å²) < 4.78 is 7.01. The molecular weight excluding hydrogens is 318 g/mol. The number of carbonyl (C=O) groups is 2. The highest BCUT2D eigenvalue weighted by Crippen LogP contribution is 2.22. The maximum Gasteiger partial charge on any atom is 0.321 e. The summed E-state index contributed by atoms with van der Waals surface area (Å²) in [6.07, 6.45) is 1.56. The molecule has 3 amide bonds. The van der Waals surface area contributed by atoms with E-state index >= 15 is 0 Å². The lowest BCUT2D eigenvalue weighted by Gasteiger charge is -2.08. The predicted octanol–water partition coefficient (Wildman–Crippen LogP) is 1.65. The van der Waals surface area contributed by atoms with Gasteiger partial charge in [-0.25, -0.2) is 4.79 Å². The van der Waals surface area contributed by atoms with Gasteiger partial charge in [0.05, 0.1) is 12.0 Å². The second kappa shape index (κ2) is 7.82. The van der Waals surface area contributed by atoms with Crippen molar-refractivity contribution in [1.29, 1.82) is 0 Å². The summed E-state index contributed by atoms with van der Waals surface area (Å²) in [5, 5.41) is 13.5. The van der Waals surface area contributed by atoms with Gasteiger partial charge in [-0.2, -0.15) is 0 Å². The number of furan rings is 1. The summed E-state index contributed by atoms with van der Waals surface area (Å²) in [4.78, 5) is 23.2. The predicted molar refractivity (Wildman–Crippen MR) is 85.8 cm³/mol. The van der Waals surface area contributed by atoms with Gasteiger partial charge in [0.2, 0.25) is 5.91 Å². The minimum Gasteiger partial charge on any atom is -0.461 e. The fraction of sp³-hybridized carbons (Fsp3) is 0.429. The van der Waals surface area contributed by atoms with E-state index in [2.05, 4.69) is 20.8 Å². The van der Waals surface area contributed by atoms with Crippen molar-refractivity contribution < 1.29 is 14.0 Å². The molecule has 2 aromatic rings. The van der Waals surface area contributed by atoms with Crippen molar-refractivity contribution in [2.75, 3.05) is 12.3 Å². The number of nitrogens with one attached hydrogen (secondary N) is 2. The van der Waals surface area contributed by atoms with Crippen molar-refractivity contribution in [2.45, 2.75) is 19.0 Å². The lowest BCUT2D eigenvalue weighted by molar-refractivity contribution is -0.117. The van der Waals surface area contributed by atoms with Crippen LogP contribution in [0.5, 0.6) is 0 Å². The summed E-state index contributed by atoms with van der Waals surface area (Å²) >= 11 is 1.20. The molecule has 23 heavy (non-hydrogen) atoms. The van der Waals surface area contributed by atoms with Gasteiger partial charge < -0.3 is 14.3 Å². The molecule has 0 radical (unpaired) electrons. The van der Waals surface area contributed by atoms with Gasteiger partial charge in [0, 0.05) is 13.6 Å². The molecule has 0 aliphatic heterocycles. The fourth-order valence-corrected chi connectivity index (χ4v) is 2.41. The SMILES string of the molecule is CC(C)CNC(=O)NC(=O)CSc1nnc(-c2ccco2)n1C. The minimum atomic E-state index is -0.487. The summed E-state index contributed by atoms with van der Waals surface area (Å²) in [6, 6.07) is 3.06. The lowest BCUT2D eigenvalue weighted by Crippen LogP contribution is -2.41. The first-order valence-electron chi connectivity index (χ1n) is 7.11. The van der Waals surface area contributed by atoms with E-state index in [1.54, 1.807) is 30.0 Å². The van der Waals surface area contributed by atoms with E-state index in [0.29, 0.717) is 29.2 Å². The van der Waals surface area contributed by atoms with E-state index in [0.717, 1.165) is 0 Å². The minimum absolute atomic E-state index is 0.0687. The number of rotatable bonds is 6. The van der Waals surface area contributed by atoms with Crippen LogP contribution in [-0.4, -0.2) is 39.0 Å². The second-order valence-electron chi connectivity index (χ2n) is 5.28. The average Bonchev–Trinajstić information content (AvgIpc) is 3.12. The first kappa shape index (κ1) is 17.1. The van der Waals surface area contributed by atoms with Crippen LogP contribution in [0.3, 0.4) is 0 Å². The molecule has 8 nitrogen and oxygen atoms in total. The van der Waals surface area contributed by atoms with Crippen LogP contribution in [0.2, 0.25) is 0 Å². The van der Waals surface area contributed by atoms with Gasteiger partial charge in [-0.1, -0.05) is 25.6 Å².